The third-order valence-electron chi connectivity index (χ3n) is 3.17. The molecule has 24 heavy (non-hydrogen) atoms. The number of rotatable bonds is 15. The average molecular weight is 337 g/mol. The van der Waals surface area contributed by atoms with E-state index in [1.165, 1.54) is 11.1 Å². The molecule has 0 aliphatic rings. The number of aryl methyl sites for hydroxylation is 1. The second-order valence-corrected chi connectivity index (χ2v) is 5.14. The zero-order chi connectivity index (χ0) is 17.3. The van der Waals surface area contributed by atoms with Gasteiger partial charge in [-0.25, -0.2) is 0 Å². The molecule has 0 amide bonds. The van der Waals surface area contributed by atoms with Crippen molar-refractivity contribution in [1.29, 1.82) is 0 Å². The summed E-state index contributed by atoms with van der Waals surface area (Å²) in [4.78, 5) is 2.64. The van der Waals surface area contributed by atoms with Crippen molar-refractivity contribution in [1.82, 2.24) is 0 Å². The summed E-state index contributed by atoms with van der Waals surface area (Å²) < 4.78 is 21.5. The molecule has 1 aromatic carbocycles. The molecule has 0 saturated heterocycles. The Labute approximate surface area is 143 Å². The van der Waals surface area contributed by atoms with Gasteiger partial charge in [-0.3, -0.25) is 0 Å². The summed E-state index contributed by atoms with van der Waals surface area (Å²) in [6.07, 6.45) is 0.920. The van der Waals surface area contributed by atoms with Crippen LogP contribution in [0.2, 0.25) is 0 Å². The maximum absolute atomic E-state index is 8.07. The molecular formula is C17H27N3O4. The highest BCUT2D eigenvalue weighted by atomic mass is 16.6. The van der Waals surface area contributed by atoms with E-state index in [0.717, 1.165) is 6.42 Å². The van der Waals surface area contributed by atoms with E-state index in [-0.39, 0.29) is 0 Å². The van der Waals surface area contributed by atoms with Crippen LogP contribution in [0.4, 0.5) is 0 Å². The Bertz CT molecular complexity index is 461. The summed E-state index contributed by atoms with van der Waals surface area (Å²) in [7, 11) is 0. The van der Waals surface area contributed by atoms with Crippen molar-refractivity contribution in [3.63, 3.8) is 0 Å². The first kappa shape index (κ1) is 20.4. The third kappa shape index (κ3) is 11.9. The van der Waals surface area contributed by atoms with Gasteiger partial charge >= 0.3 is 0 Å². The van der Waals surface area contributed by atoms with E-state index in [4.69, 9.17) is 24.5 Å². The number of nitrogens with zero attached hydrogens (tertiary/aromatic N) is 3. The van der Waals surface area contributed by atoms with Crippen LogP contribution >= 0.6 is 0 Å². The van der Waals surface area contributed by atoms with Crippen LogP contribution in [0, 0.1) is 6.92 Å². The van der Waals surface area contributed by atoms with Gasteiger partial charge in [0.1, 0.15) is 0 Å². The highest BCUT2D eigenvalue weighted by Crippen LogP contribution is 2.03. The van der Waals surface area contributed by atoms with Gasteiger partial charge in [-0.05, 0) is 24.4 Å². The van der Waals surface area contributed by atoms with Gasteiger partial charge in [0, 0.05) is 11.5 Å². The van der Waals surface area contributed by atoms with Gasteiger partial charge in [-0.1, -0.05) is 34.9 Å². The maximum Gasteiger partial charge on any atom is 0.0701 e. The lowest BCUT2D eigenvalue weighted by atomic mass is 10.1. The normalized spacial score (nSPS) is 10.5. The van der Waals surface area contributed by atoms with Gasteiger partial charge in [0.05, 0.1) is 52.9 Å². The van der Waals surface area contributed by atoms with Crippen molar-refractivity contribution in [3.05, 3.63) is 45.8 Å². The molecule has 0 heterocycles. The lowest BCUT2D eigenvalue weighted by Crippen LogP contribution is -2.13. The Hall–Kier alpha value is -1.63. The molecule has 0 N–H and O–H groups in total. The molecule has 0 spiro atoms. The quantitative estimate of drug-likeness (QED) is 0.213. The summed E-state index contributed by atoms with van der Waals surface area (Å²) >= 11 is 0. The topological polar surface area (TPSA) is 85.7 Å². The molecule has 7 heteroatoms. The van der Waals surface area contributed by atoms with Gasteiger partial charge in [0.25, 0.3) is 0 Å². The van der Waals surface area contributed by atoms with Gasteiger partial charge in [0.2, 0.25) is 0 Å². The molecule has 1 aromatic rings. The van der Waals surface area contributed by atoms with Crippen LogP contribution in [0.15, 0.2) is 29.4 Å². The predicted octanol–water partition coefficient (Wildman–Crippen LogP) is 2.91. The van der Waals surface area contributed by atoms with Crippen LogP contribution in [0.25, 0.3) is 10.4 Å². The summed E-state index contributed by atoms with van der Waals surface area (Å²) in [5, 5.41) is 3.36. The number of azide groups is 1. The lowest BCUT2D eigenvalue weighted by Gasteiger charge is -2.07. The molecule has 0 fully saturated rings. The third-order valence-corrected chi connectivity index (χ3v) is 3.17. The van der Waals surface area contributed by atoms with Crippen molar-refractivity contribution in [2.45, 2.75) is 13.3 Å². The summed E-state index contributed by atoms with van der Waals surface area (Å²) in [6, 6.07) is 8.49. The maximum atomic E-state index is 8.07. The van der Waals surface area contributed by atoms with E-state index < -0.39 is 0 Å². The Balaban J connectivity index is 1.77. The number of ether oxygens (including phenoxy) is 4. The van der Waals surface area contributed by atoms with Crippen LogP contribution in [-0.2, 0) is 25.4 Å². The van der Waals surface area contributed by atoms with E-state index in [0.29, 0.717) is 59.4 Å². The zero-order valence-corrected chi connectivity index (χ0v) is 14.4. The van der Waals surface area contributed by atoms with Gasteiger partial charge in [0.15, 0.2) is 0 Å². The fourth-order valence-corrected chi connectivity index (χ4v) is 1.86. The van der Waals surface area contributed by atoms with Crippen molar-refractivity contribution < 1.29 is 18.9 Å². The van der Waals surface area contributed by atoms with Crippen LogP contribution < -0.4 is 0 Å². The smallest absolute Gasteiger partial charge is 0.0701 e. The first-order valence-corrected chi connectivity index (χ1v) is 8.20. The first-order chi connectivity index (χ1) is 11.8. The molecular weight excluding hydrogens is 310 g/mol. The summed E-state index contributed by atoms with van der Waals surface area (Å²) in [6.45, 7) is 6.79. The monoisotopic (exact) mass is 337 g/mol. The van der Waals surface area contributed by atoms with Crippen molar-refractivity contribution in [3.8, 4) is 0 Å². The van der Waals surface area contributed by atoms with Gasteiger partial charge in [-0.15, -0.1) is 0 Å². The predicted molar refractivity (Wildman–Crippen MR) is 92.2 cm³/mol. The largest absolute Gasteiger partial charge is 0.379 e. The summed E-state index contributed by atoms with van der Waals surface area (Å²) in [5.74, 6) is 0. The van der Waals surface area contributed by atoms with Crippen molar-refractivity contribution in [2.24, 2.45) is 5.11 Å². The minimum atomic E-state index is 0.351. The Morgan fingerprint density at radius 2 is 1.29 bits per heavy atom. The van der Waals surface area contributed by atoms with Gasteiger partial charge < -0.3 is 18.9 Å². The van der Waals surface area contributed by atoms with Crippen LogP contribution in [0.5, 0.6) is 0 Å². The van der Waals surface area contributed by atoms with Crippen LogP contribution in [0.1, 0.15) is 11.1 Å². The van der Waals surface area contributed by atoms with E-state index in [9.17, 15) is 0 Å². The molecule has 0 bridgehead atoms. The minimum absolute atomic E-state index is 0.351. The highest BCUT2D eigenvalue weighted by Gasteiger charge is 1.95. The lowest BCUT2D eigenvalue weighted by molar-refractivity contribution is -0.000657. The molecule has 0 unspecified atom stereocenters. The minimum Gasteiger partial charge on any atom is -0.379 e. The first-order valence-electron chi connectivity index (χ1n) is 8.20. The molecule has 0 aliphatic heterocycles. The molecule has 0 atom stereocenters. The van der Waals surface area contributed by atoms with E-state index in [1.807, 2.05) is 0 Å². The second-order valence-electron chi connectivity index (χ2n) is 5.14. The summed E-state index contributed by atoms with van der Waals surface area (Å²) in [5.41, 5.74) is 10.6. The number of hydrogen-bond acceptors (Lipinski definition) is 5. The SMILES string of the molecule is Cc1ccc(CCOCCOCCOCCOCCN=[N+]=[N-])cc1. The van der Waals surface area contributed by atoms with Gasteiger partial charge in [-0.2, -0.15) is 0 Å². The molecule has 7 nitrogen and oxygen atoms in total. The molecule has 1 rings (SSSR count). The molecule has 134 valence electrons. The number of hydrogen-bond donors (Lipinski definition) is 0. The second kappa shape index (κ2) is 14.9. The van der Waals surface area contributed by atoms with Crippen molar-refractivity contribution in [2.75, 3.05) is 59.4 Å². The zero-order valence-electron chi connectivity index (χ0n) is 14.4. The average Bonchev–Trinajstić information content (AvgIpc) is 2.60. The van der Waals surface area contributed by atoms with Crippen LogP contribution in [0.3, 0.4) is 0 Å². The molecule has 0 radical (unpaired) electrons. The standard InChI is InChI=1S/C17H27N3O4/c1-16-2-4-17(5-3-16)6-8-21-10-12-23-14-15-24-13-11-22-9-7-19-20-18/h2-5H,6-15H2,1H3. The van der Waals surface area contributed by atoms with Crippen LogP contribution in [-0.4, -0.2) is 59.4 Å². The highest BCUT2D eigenvalue weighted by molar-refractivity contribution is 5.21. The fourth-order valence-electron chi connectivity index (χ4n) is 1.86. The molecule has 0 aliphatic carbocycles. The van der Waals surface area contributed by atoms with E-state index in [1.54, 1.807) is 0 Å². The Morgan fingerprint density at radius 3 is 1.83 bits per heavy atom. The molecule has 0 aromatic heterocycles. The fraction of sp³-hybridized carbons (Fsp3) is 0.647. The van der Waals surface area contributed by atoms with E-state index in [2.05, 4.69) is 41.2 Å². The molecule has 0 saturated carbocycles. The van der Waals surface area contributed by atoms with Crippen molar-refractivity contribution >= 4 is 0 Å². The Morgan fingerprint density at radius 1 is 0.792 bits per heavy atom. The Kier molecular flexibility index (Phi) is 12.7. The number of benzene rings is 1. The van der Waals surface area contributed by atoms with E-state index >= 15 is 0 Å².